The van der Waals surface area contributed by atoms with Gasteiger partial charge in [-0.2, -0.15) is 0 Å². The number of likely N-dealkylation sites (N-methyl/N-ethyl adjacent to an activating group) is 1. The lowest BCUT2D eigenvalue weighted by Gasteiger charge is -2.24. The average Bonchev–Trinajstić information content (AvgIpc) is 2.73. The highest BCUT2D eigenvalue weighted by atomic mass is 16.5. The number of nitrogens with two attached hydrogens (primary N) is 1. The highest BCUT2D eigenvalue weighted by Crippen LogP contribution is 2.26. The maximum absolute atomic E-state index is 12.2. The molecule has 4 N–H and O–H groups in total. The zero-order valence-electron chi connectivity index (χ0n) is 13.4. The standard InChI is InChI=1S/C15H19N3O6/c1-15(16,6-9-3-4-10(19)11(20)5-9)13(22)24-8-18-12(21)7-17(2)14(18)23/h3-5,19-20H,6-8,16H2,1-2H3/t15-/m1/s1. The molecule has 1 aliphatic rings. The number of carbonyl (C=O) groups is 3. The number of rotatable bonds is 5. The van der Waals surface area contributed by atoms with Gasteiger partial charge in [0.1, 0.15) is 12.1 Å². The summed E-state index contributed by atoms with van der Waals surface area (Å²) in [4.78, 5) is 37.5. The van der Waals surface area contributed by atoms with Crippen LogP contribution in [0, 0.1) is 0 Å². The van der Waals surface area contributed by atoms with Crippen LogP contribution in [0.2, 0.25) is 0 Å². The molecule has 1 saturated heterocycles. The molecule has 1 fully saturated rings. The summed E-state index contributed by atoms with van der Waals surface area (Å²) in [5.41, 5.74) is 5.02. The van der Waals surface area contributed by atoms with Gasteiger partial charge in [0.15, 0.2) is 18.2 Å². The van der Waals surface area contributed by atoms with Crippen molar-refractivity contribution in [3.05, 3.63) is 23.8 Å². The minimum Gasteiger partial charge on any atom is -0.504 e. The van der Waals surface area contributed by atoms with Gasteiger partial charge in [0.2, 0.25) is 0 Å². The lowest BCUT2D eigenvalue weighted by molar-refractivity contribution is -0.154. The Hall–Kier alpha value is -2.81. The molecule has 1 aromatic rings. The van der Waals surface area contributed by atoms with Crippen LogP contribution < -0.4 is 5.73 Å². The second-order valence-corrected chi connectivity index (χ2v) is 5.94. The molecule has 3 amide bonds. The van der Waals surface area contributed by atoms with E-state index in [0.717, 1.165) is 4.90 Å². The Balaban J connectivity index is 1.98. The van der Waals surface area contributed by atoms with Crippen LogP contribution in [-0.4, -0.2) is 63.8 Å². The first-order valence-corrected chi connectivity index (χ1v) is 7.14. The van der Waals surface area contributed by atoms with E-state index in [-0.39, 0.29) is 24.5 Å². The van der Waals surface area contributed by atoms with E-state index >= 15 is 0 Å². The Bertz CT molecular complexity index is 688. The van der Waals surface area contributed by atoms with Gasteiger partial charge >= 0.3 is 12.0 Å². The fourth-order valence-corrected chi connectivity index (χ4v) is 2.26. The third kappa shape index (κ3) is 3.57. The molecule has 1 aliphatic heterocycles. The lowest BCUT2D eigenvalue weighted by Crippen LogP contribution is -2.49. The van der Waals surface area contributed by atoms with E-state index in [1.807, 2.05) is 0 Å². The van der Waals surface area contributed by atoms with E-state index in [2.05, 4.69) is 0 Å². The second kappa shape index (κ2) is 6.36. The van der Waals surface area contributed by atoms with Crippen molar-refractivity contribution in [1.82, 2.24) is 9.80 Å². The van der Waals surface area contributed by atoms with Crippen LogP contribution in [0.1, 0.15) is 12.5 Å². The third-order valence-corrected chi connectivity index (χ3v) is 3.63. The van der Waals surface area contributed by atoms with Crippen molar-refractivity contribution in [2.24, 2.45) is 5.73 Å². The Morgan fingerprint density at radius 3 is 2.54 bits per heavy atom. The number of nitrogens with zero attached hydrogens (tertiary/aromatic N) is 2. The molecule has 0 aliphatic carbocycles. The Kier molecular flexibility index (Phi) is 4.65. The number of imide groups is 1. The van der Waals surface area contributed by atoms with Crippen molar-refractivity contribution in [2.45, 2.75) is 18.9 Å². The largest absolute Gasteiger partial charge is 0.504 e. The smallest absolute Gasteiger partial charge is 0.329 e. The molecule has 9 heteroatoms. The minimum absolute atomic E-state index is 0.0292. The number of urea groups is 1. The number of ether oxygens (including phenoxy) is 1. The molecule has 130 valence electrons. The molecule has 0 bridgehead atoms. The van der Waals surface area contributed by atoms with E-state index < -0.39 is 30.2 Å². The maximum Gasteiger partial charge on any atom is 0.329 e. The zero-order chi connectivity index (χ0) is 18.1. The van der Waals surface area contributed by atoms with Crippen LogP contribution in [0.4, 0.5) is 4.79 Å². The summed E-state index contributed by atoms with van der Waals surface area (Å²) in [5, 5.41) is 18.8. The van der Waals surface area contributed by atoms with Gasteiger partial charge in [0.25, 0.3) is 5.91 Å². The van der Waals surface area contributed by atoms with Gasteiger partial charge in [-0.15, -0.1) is 0 Å². The van der Waals surface area contributed by atoms with Crippen molar-refractivity contribution in [1.29, 1.82) is 0 Å². The van der Waals surface area contributed by atoms with Crippen LogP contribution in [0.15, 0.2) is 18.2 Å². The van der Waals surface area contributed by atoms with Gasteiger partial charge in [-0.1, -0.05) is 6.07 Å². The van der Waals surface area contributed by atoms with Gasteiger partial charge in [0.05, 0.1) is 0 Å². The summed E-state index contributed by atoms with van der Waals surface area (Å²) in [6.07, 6.45) is 0.0292. The molecule has 0 aromatic heterocycles. The summed E-state index contributed by atoms with van der Waals surface area (Å²) < 4.78 is 4.99. The van der Waals surface area contributed by atoms with Gasteiger partial charge in [-0.3, -0.25) is 4.79 Å². The molecule has 1 heterocycles. The molecule has 0 spiro atoms. The Labute approximate surface area is 138 Å². The number of phenols is 2. The SMILES string of the molecule is CN1CC(=O)N(COC(=O)[C@](C)(N)Cc2ccc(O)c(O)c2)C1=O. The fourth-order valence-electron chi connectivity index (χ4n) is 2.26. The predicted molar refractivity (Wildman–Crippen MR) is 81.9 cm³/mol. The molecule has 24 heavy (non-hydrogen) atoms. The number of hydrogen-bond donors (Lipinski definition) is 3. The van der Waals surface area contributed by atoms with Crippen LogP contribution in [-0.2, 0) is 20.7 Å². The number of benzene rings is 1. The van der Waals surface area contributed by atoms with Crippen LogP contribution in [0.25, 0.3) is 0 Å². The Morgan fingerprint density at radius 1 is 1.33 bits per heavy atom. The topological polar surface area (TPSA) is 133 Å². The molecule has 1 aromatic carbocycles. The molecule has 9 nitrogen and oxygen atoms in total. The number of carbonyl (C=O) groups excluding carboxylic acids is 3. The summed E-state index contributed by atoms with van der Waals surface area (Å²) >= 11 is 0. The Morgan fingerprint density at radius 2 is 2.00 bits per heavy atom. The summed E-state index contributed by atoms with van der Waals surface area (Å²) in [5.74, 6) is -1.87. The normalized spacial score (nSPS) is 17.1. The number of hydrogen-bond acceptors (Lipinski definition) is 7. The highest BCUT2D eigenvalue weighted by Gasteiger charge is 2.36. The van der Waals surface area contributed by atoms with E-state index in [4.69, 9.17) is 10.5 Å². The quantitative estimate of drug-likeness (QED) is 0.383. The number of esters is 1. The average molecular weight is 337 g/mol. The fraction of sp³-hybridized carbons (Fsp3) is 0.400. The summed E-state index contributed by atoms with van der Waals surface area (Å²) in [6, 6.07) is 3.53. The first-order chi connectivity index (χ1) is 11.1. The molecule has 1 atom stereocenters. The lowest BCUT2D eigenvalue weighted by atomic mass is 9.94. The predicted octanol–water partition coefficient (Wildman–Crippen LogP) is -0.248. The molecule has 0 saturated carbocycles. The number of phenolic OH excluding ortho intramolecular Hbond substituents is 2. The monoisotopic (exact) mass is 337 g/mol. The summed E-state index contributed by atoms with van der Waals surface area (Å²) in [6.45, 7) is 0.858. The molecular formula is C15H19N3O6. The third-order valence-electron chi connectivity index (χ3n) is 3.63. The molecule has 2 rings (SSSR count). The highest BCUT2D eigenvalue weighted by molar-refractivity contribution is 6.01. The first kappa shape index (κ1) is 17.5. The molecular weight excluding hydrogens is 318 g/mol. The van der Waals surface area contributed by atoms with Gasteiger partial charge in [-0.25, -0.2) is 14.5 Å². The van der Waals surface area contributed by atoms with E-state index in [0.29, 0.717) is 5.56 Å². The zero-order valence-corrected chi connectivity index (χ0v) is 13.4. The van der Waals surface area contributed by atoms with Crippen molar-refractivity contribution in [3.63, 3.8) is 0 Å². The van der Waals surface area contributed by atoms with E-state index in [1.165, 1.54) is 37.1 Å². The van der Waals surface area contributed by atoms with Crippen LogP contribution in [0.3, 0.4) is 0 Å². The number of aromatic hydroxyl groups is 2. The van der Waals surface area contributed by atoms with Gasteiger partial charge < -0.3 is 25.6 Å². The van der Waals surface area contributed by atoms with Crippen molar-refractivity contribution >= 4 is 17.9 Å². The summed E-state index contributed by atoms with van der Waals surface area (Å²) in [7, 11) is 1.46. The molecule has 0 unspecified atom stereocenters. The van der Waals surface area contributed by atoms with Crippen LogP contribution in [0.5, 0.6) is 11.5 Å². The van der Waals surface area contributed by atoms with E-state index in [9.17, 15) is 24.6 Å². The maximum atomic E-state index is 12.2. The van der Waals surface area contributed by atoms with Crippen molar-refractivity contribution in [2.75, 3.05) is 20.3 Å². The van der Waals surface area contributed by atoms with Crippen LogP contribution >= 0.6 is 0 Å². The van der Waals surface area contributed by atoms with Crippen molar-refractivity contribution in [3.8, 4) is 11.5 Å². The first-order valence-electron chi connectivity index (χ1n) is 7.14. The van der Waals surface area contributed by atoms with E-state index in [1.54, 1.807) is 0 Å². The minimum atomic E-state index is -1.44. The second-order valence-electron chi connectivity index (χ2n) is 5.94. The molecule has 0 radical (unpaired) electrons. The van der Waals surface area contributed by atoms with Crippen molar-refractivity contribution < 1.29 is 29.3 Å². The van der Waals surface area contributed by atoms with Gasteiger partial charge in [-0.05, 0) is 24.6 Å². The number of amides is 3. The van der Waals surface area contributed by atoms with Gasteiger partial charge in [0, 0.05) is 13.5 Å².